The SMILES string of the molecule is O=C(CNC(=O)c1ccco1)NNC(=O)COc1ccc(Br)cc1. The van der Waals surface area contributed by atoms with Gasteiger partial charge in [0, 0.05) is 4.47 Å². The Balaban J connectivity index is 1.63. The van der Waals surface area contributed by atoms with Crippen molar-refractivity contribution in [1.82, 2.24) is 16.2 Å². The molecule has 0 bridgehead atoms. The summed E-state index contributed by atoms with van der Waals surface area (Å²) in [5.41, 5.74) is 4.33. The summed E-state index contributed by atoms with van der Waals surface area (Å²) in [6.45, 7) is -0.575. The van der Waals surface area contributed by atoms with Gasteiger partial charge in [-0.1, -0.05) is 15.9 Å². The largest absolute Gasteiger partial charge is 0.484 e. The average Bonchev–Trinajstić information content (AvgIpc) is 3.12. The molecule has 0 aliphatic heterocycles. The van der Waals surface area contributed by atoms with Gasteiger partial charge in [0.2, 0.25) is 0 Å². The van der Waals surface area contributed by atoms with Crippen molar-refractivity contribution in [2.45, 2.75) is 0 Å². The molecular formula is C15H14BrN3O5. The summed E-state index contributed by atoms with van der Waals surface area (Å²) in [4.78, 5) is 34.6. The molecule has 3 N–H and O–H groups in total. The maximum Gasteiger partial charge on any atom is 0.287 e. The Labute approximate surface area is 145 Å². The smallest absolute Gasteiger partial charge is 0.287 e. The highest BCUT2D eigenvalue weighted by atomic mass is 79.9. The summed E-state index contributed by atoms with van der Waals surface area (Å²) >= 11 is 3.29. The molecule has 1 aromatic heterocycles. The van der Waals surface area contributed by atoms with E-state index in [0.717, 1.165) is 4.47 Å². The van der Waals surface area contributed by atoms with Gasteiger partial charge in [-0.25, -0.2) is 0 Å². The number of carbonyl (C=O) groups is 3. The van der Waals surface area contributed by atoms with Crippen molar-refractivity contribution in [1.29, 1.82) is 0 Å². The van der Waals surface area contributed by atoms with E-state index >= 15 is 0 Å². The van der Waals surface area contributed by atoms with Crippen molar-refractivity contribution < 1.29 is 23.5 Å². The first-order valence-electron chi connectivity index (χ1n) is 6.82. The molecule has 0 fully saturated rings. The average molecular weight is 396 g/mol. The minimum Gasteiger partial charge on any atom is -0.484 e. The molecular weight excluding hydrogens is 382 g/mol. The molecule has 0 unspecified atom stereocenters. The van der Waals surface area contributed by atoms with Gasteiger partial charge in [0.1, 0.15) is 5.75 Å². The van der Waals surface area contributed by atoms with Gasteiger partial charge in [0.25, 0.3) is 17.7 Å². The fourth-order valence-electron chi connectivity index (χ4n) is 1.55. The molecule has 0 saturated heterocycles. The summed E-state index contributed by atoms with van der Waals surface area (Å²) in [5.74, 6) is -1.05. The van der Waals surface area contributed by atoms with Gasteiger partial charge in [0.15, 0.2) is 12.4 Å². The first kappa shape index (κ1) is 17.5. The number of hydrogen-bond donors (Lipinski definition) is 3. The van der Waals surface area contributed by atoms with E-state index in [1.165, 1.54) is 12.3 Å². The number of hydrazine groups is 1. The van der Waals surface area contributed by atoms with Gasteiger partial charge in [0.05, 0.1) is 12.8 Å². The Morgan fingerprint density at radius 1 is 1.04 bits per heavy atom. The summed E-state index contributed by atoms with van der Waals surface area (Å²) in [7, 11) is 0. The molecule has 0 aliphatic rings. The van der Waals surface area contributed by atoms with Gasteiger partial charge < -0.3 is 14.5 Å². The van der Waals surface area contributed by atoms with Crippen molar-refractivity contribution in [3.8, 4) is 5.75 Å². The molecule has 126 valence electrons. The van der Waals surface area contributed by atoms with Crippen LogP contribution in [0.25, 0.3) is 0 Å². The third-order valence-corrected chi connectivity index (χ3v) is 3.21. The molecule has 9 heteroatoms. The normalized spacial score (nSPS) is 9.88. The number of rotatable bonds is 6. The van der Waals surface area contributed by atoms with E-state index in [1.54, 1.807) is 30.3 Å². The van der Waals surface area contributed by atoms with E-state index in [0.29, 0.717) is 5.75 Å². The molecule has 2 rings (SSSR count). The van der Waals surface area contributed by atoms with Crippen molar-refractivity contribution in [2.24, 2.45) is 0 Å². The topological polar surface area (TPSA) is 110 Å². The van der Waals surface area contributed by atoms with Gasteiger partial charge >= 0.3 is 0 Å². The molecule has 0 aliphatic carbocycles. The van der Waals surface area contributed by atoms with Gasteiger partial charge in [-0.05, 0) is 36.4 Å². The molecule has 0 radical (unpaired) electrons. The van der Waals surface area contributed by atoms with E-state index in [-0.39, 0.29) is 18.9 Å². The highest BCUT2D eigenvalue weighted by Crippen LogP contribution is 2.15. The van der Waals surface area contributed by atoms with Crippen molar-refractivity contribution in [3.05, 3.63) is 52.9 Å². The Kier molecular flexibility index (Phi) is 6.38. The highest BCUT2D eigenvalue weighted by molar-refractivity contribution is 9.10. The highest BCUT2D eigenvalue weighted by Gasteiger charge is 2.10. The Bertz CT molecular complexity index is 700. The third-order valence-electron chi connectivity index (χ3n) is 2.68. The van der Waals surface area contributed by atoms with Gasteiger partial charge in [-0.15, -0.1) is 0 Å². The molecule has 0 saturated carbocycles. The zero-order chi connectivity index (χ0) is 17.4. The van der Waals surface area contributed by atoms with E-state index in [2.05, 4.69) is 32.1 Å². The van der Waals surface area contributed by atoms with Crippen LogP contribution in [0.2, 0.25) is 0 Å². The van der Waals surface area contributed by atoms with Crippen LogP contribution in [0.5, 0.6) is 5.75 Å². The molecule has 2 aromatic rings. The second-order valence-electron chi connectivity index (χ2n) is 4.50. The molecule has 24 heavy (non-hydrogen) atoms. The van der Waals surface area contributed by atoms with E-state index in [1.807, 2.05) is 0 Å². The first-order valence-corrected chi connectivity index (χ1v) is 7.61. The van der Waals surface area contributed by atoms with Gasteiger partial charge in [-0.2, -0.15) is 0 Å². The van der Waals surface area contributed by atoms with Gasteiger partial charge in [-0.3, -0.25) is 25.2 Å². The number of ether oxygens (including phenoxy) is 1. The number of hydrogen-bond acceptors (Lipinski definition) is 5. The summed E-state index contributed by atoms with van der Waals surface area (Å²) in [6.07, 6.45) is 1.35. The predicted molar refractivity (Wildman–Crippen MR) is 87.0 cm³/mol. The molecule has 0 spiro atoms. The van der Waals surface area contributed by atoms with E-state index in [4.69, 9.17) is 9.15 Å². The molecule has 3 amide bonds. The maximum absolute atomic E-state index is 11.6. The van der Waals surface area contributed by atoms with Crippen LogP contribution in [0.15, 0.2) is 51.6 Å². The number of benzene rings is 1. The van der Waals surface area contributed by atoms with Crippen molar-refractivity contribution in [2.75, 3.05) is 13.2 Å². The van der Waals surface area contributed by atoms with Crippen LogP contribution in [-0.4, -0.2) is 30.9 Å². The maximum atomic E-state index is 11.6. The lowest BCUT2D eigenvalue weighted by Crippen LogP contribution is -2.47. The Morgan fingerprint density at radius 3 is 2.42 bits per heavy atom. The summed E-state index contributed by atoms with van der Waals surface area (Å²) in [6, 6.07) is 9.96. The molecule has 1 heterocycles. The second-order valence-corrected chi connectivity index (χ2v) is 5.41. The molecule has 0 atom stereocenters. The van der Waals surface area contributed by atoms with E-state index in [9.17, 15) is 14.4 Å². The van der Waals surface area contributed by atoms with Crippen LogP contribution in [-0.2, 0) is 9.59 Å². The zero-order valence-electron chi connectivity index (χ0n) is 12.4. The number of amides is 3. The van der Waals surface area contributed by atoms with Crippen LogP contribution in [0, 0.1) is 0 Å². The van der Waals surface area contributed by atoms with Crippen LogP contribution in [0.1, 0.15) is 10.6 Å². The molecule has 1 aromatic carbocycles. The fraction of sp³-hybridized carbons (Fsp3) is 0.133. The zero-order valence-corrected chi connectivity index (χ0v) is 14.0. The number of carbonyl (C=O) groups excluding carboxylic acids is 3. The van der Waals surface area contributed by atoms with Crippen LogP contribution < -0.4 is 20.9 Å². The lowest BCUT2D eigenvalue weighted by Gasteiger charge is -2.09. The van der Waals surface area contributed by atoms with E-state index < -0.39 is 17.7 Å². The quantitative estimate of drug-likeness (QED) is 0.632. The predicted octanol–water partition coefficient (Wildman–Crippen LogP) is 0.998. The third kappa shape index (κ3) is 5.76. The standard InChI is InChI=1S/C15H14BrN3O5/c16-10-3-5-11(6-4-10)24-9-14(21)19-18-13(20)8-17-15(22)12-2-1-7-23-12/h1-7H,8-9H2,(H,17,22)(H,18,20)(H,19,21). The monoisotopic (exact) mass is 395 g/mol. The lowest BCUT2D eigenvalue weighted by atomic mass is 10.3. The Morgan fingerprint density at radius 2 is 1.75 bits per heavy atom. The molecule has 8 nitrogen and oxygen atoms in total. The van der Waals surface area contributed by atoms with Crippen LogP contribution in [0.3, 0.4) is 0 Å². The van der Waals surface area contributed by atoms with Crippen LogP contribution >= 0.6 is 15.9 Å². The fourth-order valence-corrected chi connectivity index (χ4v) is 1.82. The van der Waals surface area contributed by atoms with Crippen molar-refractivity contribution >= 4 is 33.7 Å². The number of halogens is 1. The lowest BCUT2D eigenvalue weighted by molar-refractivity contribution is -0.129. The summed E-state index contributed by atoms with van der Waals surface area (Å²) < 4.78 is 11.0. The minimum atomic E-state index is -0.591. The number of furan rings is 1. The van der Waals surface area contributed by atoms with Crippen LogP contribution in [0.4, 0.5) is 0 Å². The second kappa shape index (κ2) is 8.73. The minimum absolute atomic E-state index is 0.0923. The number of nitrogens with one attached hydrogen (secondary N) is 3. The van der Waals surface area contributed by atoms with Crippen molar-refractivity contribution in [3.63, 3.8) is 0 Å². The first-order chi connectivity index (χ1) is 11.5. The summed E-state index contributed by atoms with van der Waals surface area (Å²) in [5, 5.41) is 2.34. The Hall–Kier alpha value is -2.81.